The highest BCUT2D eigenvalue weighted by Gasteiger charge is 2.30. The second kappa shape index (κ2) is 7.45. The molecule has 0 spiro atoms. The van der Waals surface area contributed by atoms with Crippen LogP contribution in [0.15, 0.2) is 47.4 Å². The molecule has 9 heteroatoms. The van der Waals surface area contributed by atoms with E-state index in [0.717, 1.165) is 30.3 Å². The molecule has 0 aliphatic rings. The average molecular weight is 389 g/mol. The van der Waals surface area contributed by atoms with E-state index >= 15 is 0 Å². The van der Waals surface area contributed by atoms with E-state index in [1.807, 2.05) is 0 Å². The van der Waals surface area contributed by atoms with Gasteiger partial charge in [0.1, 0.15) is 5.82 Å². The monoisotopic (exact) mass is 389 g/mol. The molecule has 0 unspecified atom stereocenters. The smallest absolute Gasteiger partial charge is 0.348 e. The molecule has 0 aliphatic heterocycles. The van der Waals surface area contributed by atoms with Crippen LogP contribution >= 0.6 is 0 Å². The minimum Gasteiger partial charge on any atom is -0.348 e. The van der Waals surface area contributed by atoms with Crippen molar-refractivity contribution < 1.29 is 30.8 Å². The average Bonchev–Trinajstić information content (AvgIpc) is 2.59. The lowest BCUT2D eigenvalue weighted by Crippen LogP contribution is -2.24. The third-order valence-electron chi connectivity index (χ3n) is 3.63. The summed E-state index contributed by atoms with van der Waals surface area (Å²) in [5.41, 5.74) is -1.20. The van der Waals surface area contributed by atoms with Gasteiger partial charge >= 0.3 is 6.18 Å². The zero-order chi connectivity index (χ0) is 19.5. The van der Waals surface area contributed by atoms with Crippen LogP contribution in [0.3, 0.4) is 0 Å². The van der Waals surface area contributed by atoms with Crippen LogP contribution in [0.2, 0.25) is 0 Å². The Hall–Kier alpha value is -2.42. The minimum atomic E-state index is -4.60. The van der Waals surface area contributed by atoms with Gasteiger partial charge in [-0.25, -0.2) is 12.8 Å². The van der Waals surface area contributed by atoms with Gasteiger partial charge in [0.25, 0.3) is 5.91 Å². The molecule has 2 aromatic rings. The number of benzene rings is 2. The molecular weight excluding hydrogens is 374 g/mol. The number of hydrogen-bond acceptors (Lipinski definition) is 3. The molecule has 0 aromatic heterocycles. The molecule has 26 heavy (non-hydrogen) atoms. The van der Waals surface area contributed by atoms with E-state index in [1.165, 1.54) is 13.0 Å². The summed E-state index contributed by atoms with van der Waals surface area (Å²) >= 11 is 0. The SMILES string of the molecule is CCS(=O)(=O)c1ccc(F)cc1CNC(=O)c1cccc(C(F)(F)F)c1. The summed E-state index contributed by atoms with van der Waals surface area (Å²) < 4.78 is 75.7. The van der Waals surface area contributed by atoms with Crippen molar-refractivity contribution in [2.24, 2.45) is 0 Å². The number of nitrogens with one attached hydrogen (secondary N) is 1. The first-order chi connectivity index (χ1) is 12.0. The molecule has 0 atom stereocenters. The third-order valence-corrected chi connectivity index (χ3v) is 5.46. The molecule has 0 fully saturated rings. The fraction of sp³-hybridized carbons (Fsp3) is 0.235. The highest BCUT2D eigenvalue weighted by atomic mass is 32.2. The van der Waals surface area contributed by atoms with Gasteiger partial charge in [0.15, 0.2) is 9.84 Å². The van der Waals surface area contributed by atoms with Crippen LogP contribution in [0.1, 0.15) is 28.4 Å². The van der Waals surface area contributed by atoms with Crippen molar-refractivity contribution in [2.45, 2.75) is 24.5 Å². The van der Waals surface area contributed by atoms with Crippen LogP contribution in [-0.4, -0.2) is 20.1 Å². The van der Waals surface area contributed by atoms with E-state index in [0.29, 0.717) is 6.07 Å². The summed E-state index contributed by atoms with van der Waals surface area (Å²) in [7, 11) is -3.65. The van der Waals surface area contributed by atoms with Gasteiger partial charge in [0.2, 0.25) is 0 Å². The molecule has 2 aromatic carbocycles. The second-order valence-electron chi connectivity index (χ2n) is 5.42. The quantitative estimate of drug-likeness (QED) is 0.628. The number of hydrogen-bond donors (Lipinski definition) is 1. The molecule has 0 bridgehead atoms. The first kappa shape index (κ1) is 19.9. The standard InChI is InChI=1S/C17H15F4NO3S/c1-2-26(24,25)15-7-6-14(18)9-12(15)10-22-16(23)11-4-3-5-13(8-11)17(19,20)21/h3-9H,2,10H2,1H3,(H,22,23). The zero-order valence-corrected chi connectivity index (χ0v) is 14.4. The van der Waals surface area contributed by atoms with Crippen molar-refractivity contribution in [1.82, 2.24) is 5.32 Å². The summed E-state index contributed by atoms with van der Waals surface area (Å²) in [6.45, 7) is 1.07. The second-order valence-corrected chi connectivity index (χ2v) is 7.66. The predicted octanol–water partition coefficient (Wildman–Crippen LogP) is 3.57. The zero-order valence-electron chi connectivity index (χ0n) is 13.6. The summed E-state index contributed by atoms with van der Waals surface area (Å²) in [5.74, 6) is -1.74. The normalized spacial score (nSPS) is 12.0. The van der Waals surface area contributed by atoms with E-state index < -0.39 is 33.3 Å². The number of alkyl halides is 3. The third kappa shape index (κ3) is 4.60. The molecule has 1 N–H and O–H groups in total. The molecule has 0 saturated heterocycles. The molecule has 0 radical (unpaired) electrons. The number of sulfone groups is 1. The summed E-state index contributed by atoms with van der Waals surface area (Å²) in [6, 6.07) is 6.85. The van der Waals surface area contributed by atoms with Gasteiger partial charge in [-0.1, -0.05) is 13.0 Å². The number of carbonyl (C=O) groups is 1. The maximum Gasteiger partial charge on any atom is 0.416 e. The van der Waals surface area contributed by atoms with Gasteiger partial charge in [-0.05, 0) is 42.0 Å². The van der Waals surface area contributed by atoms with Gasteiger partial charge < -0.3 is 5.32 Å². The summed E-state index contributed by atoms with van der Waals surface area (Å²) in [5, 5.41) is 2.32. The summed E-state index contributed by atoms with van der Waals surface area (Å²) in [6.07, 6.45) is -4.60. The molecule has 0 aliphatic carbocycles. The largest absolute Gasteiger partial charge is 0.416 e. The lowest BCUT2D eigenvalue weighted by Gasteiger charge is -2.12. The van der Waals surface area contributed by atoms with Crippen molar-refractivity contribution in [1.29, 1.82) is 0 Å². The van der Waals surface area contributed by atoms with Crippen LogP contribution in [0.5, 0.6) is 0 Å². The highest BCUT2D eigenvalue weighted by Crippen LogP contribution is 2.29. The van der Waals surface area contributed by atoms with E-state index in [-0.39, 0.29) is 28.3 Å². The van der Waals surface area contributed by atoms with Crippen molar-refractivity contribution in [3.05, 3.63) is 65.0 Å². The van der Waals surface area contributed by atoms with Crippen LogP contribution < -0.4 is 5.32 Å². The van der Waals surface area contributed by atoms with E-state index in [2.05, 4.69) is 5.32 Å². The number of amides is 1. The van der Waals surface area contributed by atoms with Crippen LogP contribution in [0.25, 0.3) is 0 Å². The van der Waals surface area contributed by atoms with Gasteiger partial charge in [0.05, 0.1) is 16.2 Å². The van der Waals surface area contributed by atoms with E-state index in [1.54, 1.807) is 0 Å². The molecule has 2 rings (SSSR count). The van der Waals surface area contributed by atoms with Crippen molar-refractivity contribution in [2.75, 3.05) is 5.75 Å². The number of rotatable bonds is 5. The van der Waals surface area contributed by atoms with E-state index in [4.69, 9.17) is 0 Å². The van der Waals surface area contributed by atoms with Crippen molar-refractivity contribution in [3.8, 4) is 0 Å². The Morgan fingerprint density at radius 1 is 1.12 bits per heavy atom. The van der Waals surface area contributed by atoms with Gasteiger partial charge in [-0.15, -0.1) is 0 Å². The molecule has 140 valence electrons. The Morgan fingerprint density at radius 3 is 2.42 bits per heavy atom. The maximum atomic E-state index is 13.4. The Morgan fingerprint density at radius 2 is 1.81 bits per heavy atom. The Balaban J connectivity index is 2.24. The van der Waals surface area contributed by atoms with Crippen molar-refractivity contribution >= 4 is 15.7 Å². The molecule has 0 saturated carbocycles. The molecular formula is C17H15F4NO3S. The van der Waals surface area contributed by atoms with Gasteiger partial charge in [-0.2, -0.15) is 13.2 Å². The molecule has 0 heterocycles. The predicted molar refractivity (Wildman–Crippen MR) is 86.7 cm³/mol. The Kier molecular flexibility index (Phi) is 5.70. The van der Waals surface area contributed by atoms with Crippen LogP contribution in [0.4, 0.5) is 17.6 Å². The summed E-state index contributed by atoms with van der Waals surface area (Å²) in [4.78, 5) is 12.0. The Bertz CT molecular complexity index is 924. The fourth-order valence-corrected chi connectivity index (χ4v) is 3.38. The minimum absolute atomic E-state index is 0.0205. The Labute approximate surface area is 147 Å². The van der Waals surface area contributed by atoms with Crippen molar-refractivity contribution in [3.63, 3.8) is 0 Å². The number of halogens is 4. The number of carbonyl (C=O) groups excluding carboxylic acids is 1. The maximum absolute atomic E-state index is 13.4. The van der Waals surface area contributed by atoms with E-state index in [9.17, 15) is 30.8 Å². The lowest BCUT2D eigenvalue weighted by molar-refractivity contribution is -0.137. The molecule has 1 amide bonds. The first-order valence-electron chi connectivity index (χ1n) is 7.51. The van der Waals surface area contributed by atoms with Crippen LogP contribution in [0, 0.1) is 5.82 Å². The fourth-order valence-electron chi connectivity index (χ4n) is 2.26. The highest BCUT2D eigenvalue weighted by molar-refractivity contribution is 7.91. The van der Waals surface area contributed by atoms with Crippen LogP contribution in [-0.2, 0) is 22.6 Å². The first-order valence-corrected chi connectivity index (χ1v) is 9.16. The van der Waals surface area contributed by atoms with Gasteiger partial charge in [0, 0.05) is 12.1 Å². The topological polar surface area (TPSA) is 63.2 Å². The van der Waals surface area contributed by atoms with Gasteiger partial charge in [-0.3, -0.25) is 4.79 Å². The molecule has 4 nitrogen and oxygen atoms in total. The lowest BCUT2D eigenvalue weighted by atomic mass is 10.1.